The Hall–Kier alpha value is -2.51. The highest BCUT2D eigenvalue weighted by molar-refractivity contribution is 6.32. The summed E-state index contributed by atoms with van der Waals surface area (Å²) in [6.45, 7) is 3.56. The summed E-state index contributed by atoms with van der Waals surface area (Å²) in [6, 6.07) is 12.0. The maximum Gasteiger partial charge on any atom is 0.191 e. The minimum Gasteiger partial charge on any atom is -0.491 e. The molecule has 2 N–H and O–H groups in total. The van der Waals surface area contributed by atoms with Gasteiger partial charge in [-0.15, -0.1) is 0 Å². The van der Waals surface area contributed by atoms with Crippen molar-refractivity contribution < 1.29 is 9.47 Å². The molecule has 3 rings (SSSR count). The first-order valence-electron chi connectivity index (χ1n) is 9.73. The first-order valence-corrected chi connectivity index (χ1v) is 10.1. The second-order valence-corrected chi connectivity index (χ2v) is 7.20. The lowest BCUT2D eigenvalue weighted by molar-refractivity contribution is 0.146. The predicted octanol–water partition coefficient (Wildman–Crippen LogP) is 2.70. The standard InChI is InChI=1S/C21H28ClN5O2/c1-23-21(25-14-16-5-7-18(8-6-16)29-13-12-28-2)26-17-9-11-27(15-17)20-19(22)4-3-10-24-20/h3-8,10,17H,9,11-15H2,1-2H3,(H2,23,25,26). The van der Waals surface area contributed by atoms with E-state index in [0.717, 1.165) is 42.6 Å². The number of aliphatic imine (C=N–C) groups is 1. The summed E-state index contributed by atoms with van der Waals surface area (Å²) in [5.41, 5.74) is 1.15. The Labute approximate surface area is 177 Å². The van der Waals surface area contributed by atoms with Crippen molar-refractivity contribution in [3.8, 4) is 5.75 Å². The Bertz CT molecular complexity index is 800. The molecule has 0 radical (unpaired) electrons. The lowest BCUT2D eigenvalue weighted by Crippen LogP contribution is -2.44. The van der Waals surface area contributed by atoms with Crippen LogP contribution in [-0.4, -0.2) is 57.4 Å². The number of hydrogen-bond donors (Lipinski definition) is 2. The summed E-state index contributed by atoms with van der Waals surface area (Å²) in [5, 5.41) is 7.54. The third kappa shape index (κ3) is 6.24. The van der Waals surface area contributed by atoms with Crippen molar-refractivity contribution >= 4 is 23.4 Å². The lowest BCUT2D eigenvalue weighted by Gasteiger charge is -2.20. The SMILES string of the molecule is CN=C(NCc1ccc(OCCOC)cc1)NC1CCN(c2ncccc2Cl)C1. The second kappa shape index (κ2) is 10.9. The van der Waals surface area contributed by atoms with Crippen LogP contribution >= 0.6 is 11.6 Å². The maximum atomic E-state index is 6.27. The van der Waals surface area contributed by atoms with Crippen LogP contribution in [0.3, 0.4) is 0 Å². The molecule has 0 aliphatic carbocycles. The smallest absolute Gasteiger partial charge is 0.191 e. The van der Waals surface area contributed by atoms with Crippen LogP contribution in [-0.2, 0) is 11.3 Å². The number of nitrogens with one attached hydrogen (secondary N) is 2. The summed E-state index contributed by atoms with van der Waals surface area (Å²) in [7, 11) is 3.44. The number of anilines is 1. The molecule has 2 heterocycles. The minimum absolute atomic E-state index is 0.288. The average Bonchev–Trinajstić information content (AvgIpc) is 3.21. The van der Waals surface area contributed by atoms with Crippen LogP contribution in [0, 0.1) is 0 Å². The monoisotopic (exact) mass is 417 g/mol. The van der Waals surface area contributed by atoms with Crippen LogP contribution in [0.25, 0.3) is 0 Å². The molecule has 0 saturated carbocycles. The Morgan fingerprint density at radius 1 is 1.28 bits per heavy atom. The second-order valence-electron chi connectivity index (χ2n) is 6.80. The molecule has 0 spiro atoms. The number of halogens is 1. The van der Waals surface area contributed by atoms with Gasteiger partial charge in [0.2, 0.25) is 0 Å². The van der Waals surface area contributed by atoms with Gasteiger partial charge in [0.05, 0.1) is 11.6 Å². The highest BCUT2D eigenvalue weighted by atomic mass is 35.5. The lowest BCUT2D eigenvalue weighted by atomic mass is 10.2. The zero-order chi connectivity index (χ0) is 20.5. The van der Waals surface area contributed by atoms with E-state index in [1.807, 2.05) is 36.4 Å². The number of ether oxygens (including phenoxy) is 2. The molecule has 7 nitrogen and oxygen atoms in total. The third-order valence-electron chi connectivity index (χ3n) is 4.73. The predicted molar refractivity (Wildman–Crippen MR) is 117 cm³/mol. The van der Waals surface area contributed by atoms with E-state index >= 15 is 0 Å². The van der Waals surface area contributed by atoms with Crippen molar-refractivity contribution in [3.05, 3.63) is 53.2 Å². The summed E-state index contributed by atoms with van der Waals surface area (Å²) in [5.74, 6) is 2.46. The molecular weight excluding hydrogens is 390 g/mol. The van der Waals surface area contributed by atoms with Gasteiger partial charge < -0.3 is 25.0 Å². The molecule has 8 heteroatoms. The number of aromatic nitrogens is 1. The molecule has 1 aromatic carbocycles. The number of guanidine groups is 1. The highest BCUT2D eigenvalue weighted by Gasteiger charge is 2.25. The zero-order valence-electron chi connectivity index (χ0n) is 16.9. The molecule has 1 aliphatic rings. The molecular formula is C21H28ClN5O2. The molecule has 0 bridgehead atoms. The fourth-order valence-electron chi connectivity index (χ4n) is 3.20. The highest BCUT2D eigenvalue weighted by Crippen LogP contribution is 2.25. The van der Waals surface area contributed by atoms with Crippen LogP contribution in [0.15, 0.2) is 47.6 Å². The molecule has 156 valence electrons. The van der Waals surface area contributed by atoms with Crippen molar-refractivity contribution in [2.45, 2.75) is 19.0 Å². The fraction of sp³-hybridized carbons (Fsp3) is 0.429. The Kier molecular flexibility index (Phi) is 7.95. The van der Waals surface area contributed by atoms with Gasteiger partial charge in [0, 0.05) is 46.0 Å². The number of rotatable bonds is 8. The molecule has 1 unspecified atom stereocenters. The largest absolute Gasteiger partial charge is 0.491 e. The van der Waals surface area contributed by atoms with Crippen LogP contribution < -0.4 is 20.3 Å². The van der Waals surface area contributed by atoms with Crippen molar-refractivity contribution in [2.75, 3.05) is 45.4 Å². The number of benzene rings is 1. The maximum absolute atomic E-state index is 6.27. The van der Waals surface area contributed by atoms with Gasteiger partial charge in [-0.3, -0.25) is 4.99 Å². The average molecular weight is 418 g/mol. The van der Waals surface area contributed by atoms with Crippen molar-refractivity contribution in [1.29, 1.82) is 0 Å². The van der Waals surface area contributed by atoms with E-state index in [1.165, 1.54) is 0 Å². The van der Waals surface area contributed by atoms with E-state index in [9.17, 15) is 0 Å². The van der Waals surface area contributed by atoms with Crippen molar-refractivity contribution in [2.24, 2.45) is 4.99 Å². The molecule has 29 heavy (non-hydrogen) atoms. The Morgan fingerprint density at radius 3 is 2.83 bits per heavy atom. The number of pyridine rings is 1. The minimum atomic E-state index is 0.288. The first kappa shape index (κ1) is 21.2. The van der Waals surface area contributed by atoms with E-state index in [1.54, 1.807) is 20.4 Å². The molecule has 1 saturated heterocycles. The van der Waals surface area contributed by atoms with E-state index in [2.05, 4.69) is 25.5 Å². The van der Waals surface area contributed by atoms with Gasteiger partial charge in [0.25, 0.3) is 0 Å². The topological polar surface area (TPSA) is 71.0 Å². The number of methoxy groups -OCH3 is 1. The summed E-state index contributed by atoms with van der Waals surface area (Å²) < 4.78 is 10.6. The zero-order valence-corrected chi connectivity index (χ0v) is 17.7. The summed E-state index contributed by atoms with van der Waals surface area (Å²) >= 11 is 6.27. The van der Waals surface area contributed by atoms with E-state index < -0.39 is 0 Å². The summed E-state index contributed by atoms with van der Waals surface area (Å²) in [6.07, 6.45) is 2.78. The number of hydrogen-bond acceptors (Lipinski definition) is 5. The van der Waals surface area contributed by atoms with Gasteiger partial charge in [-0.25, -0.2) is 4.98 Å². The van der Waals surface area contributed by atoms with Crippen molar-refractivity contribution in [3.63, 3.8) is 0 Å². The number of nitrogens with zero attached hydrogens (tertiary/aromatic N) is 3. The Balaban J connectivity index is 1.46. The quantitative estimate of drug-likeness (QED) is 0.391. The van der Waals surface area contributed by atoms with E-state index in [4.69, 9.17) is 21.1 Å². The normalized spacial score (nSPS) is 16.7. The molecule has 1 atom stereocenters. The van der Waals surface area contributed by atoms with Gasteiger partial charge >= 0.3 is 0 Å². The molecule has 1 aromatic heterocycles. The van der Waals surface area contributed by atoms with Gasteiger partial charge in [0.1, 0.15) is 18.2 Å². The van der Waals surface area contributed by atoms with E-state index in [-0.39, 0.29) is 6.04 Å². The first-order chi connectivity index (χ1) is 14.2. The molecule has 0 amide bonds. The molecule has 1 aliphatic heterocycles. The van der Waals surface area contributed by atoms with Crippen molar-refractivity contribution in [1.82, 2.24) is 15.6 Å². The van der Waals surface area contributed by atoms with Gasteiger partial charge in [-0.05, 0) is 36.2 Å². The van der Waals surface area contributed by atoms with Gasteiger partial charge in [-0.2, -0.15) is 0 Å². The van der Waals surface area contributed by atoms with Crippen LogP contribution in [0.1, 0.15) is 12.0 Å². The van der Waals surface area contributed by atoms with Crippen LogP contribution in [0.4, 0.5) is 5.82 Å². The Morgan fingerprint density at radius 2 is 2.10 bits per heavy atom. The van der Waals surface area contributed by atoms with Gasteiger partial charge in [-0.1, -0.05) is 23.7 Å². The fourth-order valence-corrected chi connectivity index (χ4v) is 3.44. The molecule has 1 fully saturated rings. The molecule has 2 aromatic rings. The van der Waals surface area contributed by atoms with Gasteiger partial charge in [0.15, 0.2) is 5.96 Å². The van der Waals surface area contributed by atoms with E-state index in [0.29, 0.717) is 24.8 Å². The third-order valence-corrected chi connectivity index (χ3v) is 5.03. The summed E-state index contributed by atoms with van der Waals surface area (Å²) in [4.78, 5) is 11.0. The van der Waals surface area contributed by atoms with Crippen LogP contribution in [0.5, 0.6) is 5.75 Å². The van der Waals surface area contributed by atoms with Crippen LogP contribution in [0.2, 0.25) is 5.02 Å².